The maximum absolute atomic E-state index is 13.7. The van der Waals surface area contributed by atoms with E-state index in [1.807, 2.05) is 44.2 Å². The molecular formula is C17H17FN2. The van der Waals surface area contributed by atoms with Crippen molar-refractivity contribution in [2.45, 2.75) is 26.8 Å². The zero-order valence-corrected chi connectivity index (χ0v) is 11.9. The molecule has 0 amide bonds. The van der Waals surface area contributed by atoms with Gasteiger partial charge in [-0.1, -0.05) is 29.8 Å². The second kappa shape index (κ2) is 5.75. The van der Waals surface area contributed by atoms with Crippen LogP contribution >= 0.6 is 0 Å². The van der Waals surface area contributed by atoms with Gasteiger partial charge < -0.3 is 5.32 Å². The number of anilines is 1. The summed E-state index contributed by atoms with van der Waals surface area (Å²) in [7, 11) is 0. The summed E-state index contributed by atoms with van der Waals surface area (Å²) in [5.74, 6) is -0.359. The lowest BCUT2D eigenvalue weighted by atomic mass is 10.0. The average Bonchev–Trinajstić information content (AvgIpc) is 2.44. The van der Waals surface area contributed by atoms with Crippen LogP contribution in [0.5, 0.6) is 0 Å². The number of nitriles is 1. The molecule has 0 aliphatic carbocycles. The van der Waals surface area contributed by atoms with Gasteiger partial charge in [0.05, 0.1) is 11.6 Å². The number of halogens is 1. The predicted octanol–water partition coefficient (Wildman–Crippen LogP) is 4.49. The maximum Gasteiger partial charge on any atom is 0.129 e. The van der Waals surface area contributed by atoms with E-state index in [2.05, 4.69) is 5.32 Å². The Bertz CT molecular complexity index is 654. The van der Waals surface area contributed by atoms with Gasteiger partial charge in [0, 0.05) is 17.3 Å². The molecule has 2 aromatic carbocycles. The van der Waals surface area contributed by atoms with Gasteiger partial charge in [-0.05, 0) is 38.5 Å². The zero-order chi connectivity index (χ0) is 14.7. The van der Waals surface area contributed by atoms with Gasteiger partial charge in [-0.3, -0.25) is 0 Å². The molecule has 0 radical (unpaired) electrons. The summed E-state index contributed by atoms with van der Waals surface area (Å²) in [4.78, 5) is 0. The fourth-order valence-corrected chi connectivity index (χ4v) is 2.07. The SMILES string of the molecule is Cc1ccc(C(C)Nc2cc(C#N)cc(F)c2C)cc1. The molecule has 20 heavy (non-hydrogen) atoms. The Kier molecular flexibility index (Phi) is 4.05. The van der Waals surface area contributed by atoms with Gasteiger partial charge >= 0.3 is 0 Å². The number of hydrogen-bond acceptors (Lipinski definition) is 2. The van der Waals surface area contributed by atoms with E-state index in [1.54, 1.807) is 13.0 Å². The lowest BCUT2D eigenvalue weighted by Crippen LogP contribution is -2.08. The van der Waals surface area contributed by atoms with E-state index in [4.69, 9.17) is 5.26 Å². The molecule has 3 heteroatoms. The van der Waals surface area contributed by atoms with Crippen LogP contribution in [0.25, 0.3) is 0 Å². The van der Waals surface area contributed by atoms with Crippen molar-refractivity contribution in [1.29, 1.82) is 5.26 Å². The van der Waals surface area contributed by atoms with Crippen LogP contribution in [0, 0.1) is 31.0 Å². The lowest BCUT2D eigenvalue weighted by Gasteiger charge is -2.18. The maximum atomic E-state index is 13.7. The van der Waals surface area contributed by atoms with Gasteiger partial charge in [-0.15, -0.1) is 0 Å². The first-order chi connectivity index (χ1) is 9.51. The normalized spacial score (nSPS) is 11.8. The van der Waals surface area contributed by atoms with E-state index in [-0.39, 0.29) is 11.9 Å². The summed E-state index contributed by atoms with van der Waals surface area (Å²) in [5.41, 5.74) is 3.84. The molecule has 1 unspecified atom stereocenters. The molecule has 2 nitrogen and oxygen atoms in total. The Morgan fingerprint density at radius 2 is 1.80 bits per heavy atom. The van der Waals surface area contributed by atoms with Crippen LogP contribution in [0.4, 0.5) is 10.1 Å². The van der Waals surface area contributed by atoms with Crippen LogP contribution in [0.1, 0.15) is 35.2 Å². The van der Waals surface area contributed by atoms with E-state index >= 15 is 0 Å². The fraction of sp³-hybridized carbons (Fsp3) is 0.235. The van der Waals surface area contributed by atoms with Crippen molar-refractivity contribution < 1.29 is 4.39 Å². The second-order valence-corrected chi connectivity index (χ2v) is 5.02. The van der Waals surface area contributed by atoms with Crippen molar-refractivity contribution in [1.82, 2.24) is 0 Å². The monoisotopic (exact) mass is 268 g/mol. The van der Waals surface area contributed by atoms with Gasteiger partial charge in [-0.2, -0.15) is 5.26 Å². The minimum absolute atomic E-state index is 0.0441. The standard InChI is InChI=1S/C17H17FN2/c1-11-4-6-15(7-5-11)13(3)20-17-9-14(10-19)8-16(18)12(17)2/h4-9,13,20H,1-3H3. The van der Waals surface area contributed by atoms with Crippen molar-refractivity contribution in [3.05, 3.63) is 64.5 Å². The van der Waals surface area contributed by atoms with Crippen LogP contribution in [0.15, 0.2) is 36.4 Å². The van der Waals surface area contributed by atoms with E-state index in [0.29, 0.717) is 16.8 Å². The first-order valence-corrected chi connectivity index (χ1v) is 6.54. The number of nitrogens with zero attached hydrogens (tertiary/aromatic N) is 1. The highest BCUT2D eigenvalue weighted by molar-refractivity contribution is 5.57. The molecule has 102 valence electrons. The molecule has 2 rings (SSSR count). The summed E-state index contributed by atoms with van der Waals surface area (Å²) in [5, 5.41) is 12.2. The van der Waals surface area contributed by atoms with E-state index in [9.17, 15) is 4.39 Å². The molecule has 1 N–H and O–H groups in total. The van der Waals surface area contributed by atoms with E-state index in [1.165, 1.54) is 11.6 Å². The van der Waals surface area contributed by atoms with Gasteiger partial charge in [0.15, 0.2) is 0 Å². The Hall–Kier alpha value is -2.34. The van der Waals surface area contributed by atoms with Crippen molar-refractivity contribution in [2.24, 2.45) is 0 Å². The Morgan fingerprint density at radius 3 is 2.40 bits per heavy atom. The molecule has 0 aliphatic rings. The zero-order valence-electron chi connectivity index (χ0n) is 11.9. The van der Waals surface area contributed by atoms with E-state index < -0.39 is 0 Å². The number of aryl methyl sites for hydroxylation is 1. The summed E-state index contributed by atoms with van der Waals surface area (Å²) in [6, 6.07) is 13.2. The summed E-state index contributed by atoms with van der Waals surface area (Å²) in [6.07, 6.45) is 0. The van der Waals surface area contributed by atoms with Gasteiger partial charge in [-0.25, -0.2) is 4.39 Å². The third kappa shape index (κ3) is 2.97. The second-order valence-electron chi connectivity index (χ2n) is 5.02. The number of benzene rings is 2. The highest BCUT2D eigenvalue weighted by Gasteiger charge is 2.11. The lowest BCUT2D eigenvalue weighted by molar-refractivity contribution is 0.618. The minimum Gasteiger partial charge on any atom is -0.378 e. The largest absolute Gasteiger partial charge is 0.378 e. The average molecular weight is 268 g/mol. The highest BCUT2D eigenvalue weighted by Crippen LogP contribution is 2.25. The molecule has 0 saturated heterocycles. The number of hydrogen-bond donors (Lipinski definition) is 1. The molecule has 0 aromatic heterocycles. The van der Waals surface area contributed by atoms with Crippen molar-refractivity contribution >= 4 is 5.69 Å². The first-order valence-electron chi connectivity index (χ1n) is 6.54. The summed E-state index contributed by atoms with van der Waals surface area (Å²) in [6.45, 7) is 5.76. The number of nitrogens with one attached hydrogen (secondary N) is 1. The molecule has 0 bridgehead atoms. The third-order valence-corrected chi connectivity index (χ3v) is 3.42. The first kappa shape index (κ1) is 14.1. The smallest absolute Gasteiger partial charge is 0.129 e. The van der Waals surface area contributed by atoms with Crippen LogP contribution in [-0.4, -0.2) is 0 Å². The van der Waals surface area contributed by atoms with Gasteiger partial charge in [0.2, 0.25) is 0 Å². The highest BCUT2D eigenvalue weighted by atomic mass is 19.1. The Labute approximate surface area is 118 Å². The molecular weight excluding hydrogens is 251 g/mol. The molecule has 1 atom stereocenters. The van der Waals surface area contributed by atoms with Crippen LogP contribution < -0.4 is 5.32 Å². The topological polar surface area (TPSA) is 35.8 Å². The van der Waals surface area contributed by atoms with Crippen molar-refractivity contribution in [3.8, 4) is 6.07 Å². The van der Waals surface area contributed by atoms with Crippen LogP contribution in [-0.2, 0) is 0 Å². The minimum atomic E-state index is -0.359. The van der Waals surface area contributed by atoms with Crippen molar-refractivity contribution in [2.75, 3.05) is 5.32 Å². The van der Waals surface area contributed by atoms with E-state index in [0.717, 1.165) is 5.56 Å². The fourth-order valence-electron chi connectivity index (χ4n) is 2.07. The Morgan fingerprint density at radius 1 is 1.15 bits per heavy atom. The molecule has 0 spiro atoms. The summed E-state index contributed by atoms with van der Waals surface area (Å²) >= 11 is 0. The van der Waals surface area contributed by atoms with Crippen LogP contribution in [0.2, 0.25) is 0 Å². The third-order valence-electron chi connectivity index (χ3n) is 3.42. The molecule has 0 aliphatic heterocycles. The summed E-state index contributed by atoms with van der Waals surface area (Å²) < 4.78 is 13.7. The quantitative estimate of drug-likeness (QED) is 0.890. The molecule has 0 saturated carbocycles. The van der Waals surface area contributed by atoms with Crippen LogP contribution in [0.3, 0.4) is 0 Å². The molecule has 2 aromatic rings. The predicted molar refractivity (Wildman–Crippen MR) is 79.1 cm³/mol. The molecule has 0 heterocycles. The number of rotatable bonds is 3. The molecule has 0 fully saturated rings. The van der Waals surface area contributed by atoms with Gasteiger partial charge in [0.25, 0.3) is 0 Å². The Balaban J connectivity index is 2.28. The van der Waals surface area contributed by atoms with Crippen molar-refractivity contribution in [3.63, 3.8) is 0 Å². The van der Waals surface area contributed by atoms with Gasteiger partial charge in [0.1, 0.15) is 5.82 Å².